The molecule has 0 aliphatic carbocycles. The second kappa shape index (κ2) is 6.92. The molecule has 0 saturated carbocycles. The summed E-state index contributed by atoms with van der Waals surface area (Å²) in [6.07, 6.45) is 0. The third kappa shape index (κ3) is 3.48. The zero-order valence-electron chi connectivity index (χ0n) is 14.7. The molecule has 0 atom stereocenters. The number of rotatable bonds is 3. The number of fused-ring (bicyclic) bond motifs is 1. The summed E-state index contributed by atoms with van der Waals surface area (Å²) >= 11 is 0. The van der Waals surface area contributed by atoms with Gasteiger partial charge < -0.3 is 9.32 Å². The normalized spacial score (nSPS) is 15.5. The number of nitrogens with zero attached hydrogens (tertiary/aromatic N) is 2. The molecule has 1 fully saturated rings. The lowest BCUT2D eigenvalue weighted by molar-refractivity contribution is 0.250. The first kappa shape index (κ1) is 16.8. The maximum absolute atomic E-state index is 13.1. The van der Waals surface area contributed by atoms with Crippen molar-refractivity contribution >= 4 is 16.7 Å². The first-order chi connectivity index (χ1) is 12.6. The maximum Gasteiger partial charge on any atom is 0.336 e. The van der Waals surface area contributed by atoms with E-state index in [4.69, 9.17) is 4.42 Å². The first-order valence-electron chi connectivity index (χ1n) is 8.85. The summed E-state index contributed by atoms with van der Waals surface area (Å²) in [6, 6.07) is 14.2. The van der Waals surface area contributed by atoms with Crippen molar-refractivity contribution in [3.8, 4) is 0 Å². The van der Waals surface area contributed by atoms with E-state index in [2.05, 4.69) is 9.80 Å². The SMILES string of the molecule is Cc1ccc2c(CN3CCN(c4ccc(F)cc4)CC3)cc(=O)oc2c1. The van der Waals surface area contributed by atoms with Gasteiger partial charge in [0.2, 0.25) is 0 Å². The molecule has 5 heteroatoms. The van der Waals surface area contributed by atoms with Crippen LogP contribution in [0.2, 0.25) is 0 Å². The quantitative estimate of drug-likeness (QED) is 0.676. The Balaban J connectivity index is 1.48. The van der Waals surface area contributed by atoms with Gasteiger partial charge in [-0.2, -0.15) is 0 Å². The summed E-state index contributed by atoms with van der Waals surface area (Å²) in [7, 11) is 0. The second-order valence-electron chi connectivity index (χ2n) is 6.83. The fraction of sp³-hybridized carbons (Fsp3) is 0.286. The monoisotopic (exact) mass is 352 g/mol. The Morgan fingerprint density at radius 2 is 1.73 bits per heavy atom. The van der Waals surface area contributed by atoms with Crippen molar-refractivity contribution in [3.05, 3.63) is 75.9 Å². The zero-order valence-corrected chi connectivity index (χ0v) is 14.7. The highest BCUT2D eigenvalue weighted by atomic mass is 19.1. The number of benzene rings is 2. The predicted molar refractivity (Wildman–Crippen MR) is 101 cm³/mol. The van der Waals surface area contributed by atoms with Crippen LogP contribution in [-0.2, 0) is 6.54 Å². The highest BCUT2D eigenvalue weighted by molar-refractivity contribution is 5.80. The van der Waals surface area contributed by atoms with E-state index in [1.807, 2.05) is 37.3 Å². The molecule has 1 saturated heterocycles. The molecule has 1 aliphatic rings. The highest BCUT2D eigenvalue weighted by Crippen LogP contribution is 2.22. The molecule has 2 heterocycles. The molecule has 0 bridgehead atoms. The molecule has 2 aromatic carbocycles. The van der Waals surface area contributed by atoms with Crippen LogP contribution in [-0.4, -0.2) is 31.1 Å². The van der Waals surface area contributed by atoms with Crippen LogP contribution in [0, 0.1) is 12.7 Å². The number of hydrogen-bond donors (Lipinski definition) is 0. The largest absolute Gasteiger partial charge is 0.423 e. The third-order valence-corrected chi connectivity index (χ3v) is 4.94. The summed E-state index contributed by atoms with van der Waals surface area (Å²) in [4.78, 5) is 16.5. The Kier molecular flexibility index (Phi) is 4.47. The lowest BCUT2D eigenvalue weighted by Gasteiger charge is -2.36. The van der Waals surface area contributed by atoms with Gasteiger partial charge >= 0.3 is 5.63 Å². The van der Waals surface area contributed by atoms with Crippen molar-refractivity contribution in [3.63, 3.8) is 0 Å². The number of anilines is 1. The molecule has 0 radical (unpaired) electrons. The van der Waals surface area contributed by atoms with E-state index in [9.17, 15) is 9.18 Å². The van der Waals surface area contributed by atoms with Gasteiger partial charge in [-0.3, -0.25) is 4.90 Å². The first-order valence-corrected chi connectivity index (χ1v) is 8.85. The summed E-state index contributed by atoms with van der Waals surface area (Å²) in [6.45, 7) is 6.26. The number of aryl methyl sites for hydroxylation is 1. The summed E-state index contributed by atoms with van der Waals surface area (Å²) in [5.41, 5.74) is 3.48. The molecular formula is C21H21FN2O2. The van der Waals surface area contributed by atoms with Gasteiger partial charge in [-0.1, -0.05) is 12.1 Å². The summed E-state index contributed by atoms with van der Waals surface area (Å²) in [5, 5.41) is 0.996. The minimum absolute atomic E-state index is 0.211. The van der Waals surface area contributed by atoms with E-state index in [1.54, 1.807) is 6.07 Å². The van der Waals surface area contributed by atoms with Gasteiger partial charge in [-0.05, 0) is 48.4 Å². The Morgan fingerprint density at radius 1 is 1.00 bits per heavy atom. The van der Waals surface area contributed by atoms with Gasteiger partial charge in [0.15, 0.2) is 0 Å². The van der Waals surface area contributed by atoms with E-state index in [0.29, 0.717) is 5.58 Å². The van der Waals surface area contributed by atoms with E-state index < -0.39 is 0 Å². The minimum atomic E-state index is -0.303. The molecule has 4 nitrogen and oxygen atoms in total. The summed E-state index contributed by atoms with van der Waals surface area (Å²) < 4.78 is 18.4. The van der Waals surface area contributed by atoms with Crippen LogP contribution < -0.4 is 10.5 Å². The number of halogens is 1. The number of hydrogen-bond acceptors (Lipinski definition) is 4. The predicted octanol–water partition coefficient (Wildman–Crippen LogP) is 3.56. The van der Waals surface area contributed by atoms with Crippen LogP contribution in [0.3, 0.4) is 0 Å². The molecule has 26 heavy (non-hydrogen) atoms. The maximum atomic E-state index is 13.1. The van der Waals surface area contributed by atoms with E-state index in [1.165, 1.54) is 12.1 Å². The van der Waals surface area contributed by atoms with Crippen molar-refractivity contribution in [2.24, 2.45) is 0 Å². The topological polar surface area (TPSA) is 36.7 Å². The Bertz CT molecular complexity index is 973. The standard InChI is InChI=1S/C21H21FN2O2/c1-15-2-7-19-16(13-21(25)26-20(19)12-15)14-23-8-10-24(11-9-23)18-5-3-17(22)4-6-18/h2-7,12-13H,8-11,14H2,1H3. The van der Waals surface area contributed by atoms with Crippen LogP contribution >= 0.6 is 0 Å². The van der Waals surface area contributed by atoms with Crippen LogP contribution in [0.15, 0.2) is 57.7 Å². The lowest BCUT2D eigenvalue weighted by Crippen LogP contribution is -2.46. The van der Waals surface area contributed by atoms with Gasteiger partial charge in [0.05, 0.1) is 0 Å². The average Bonchev–Trinajstić information content (AvgIpc) is 2.62. The molecule has 0 spiro atoms. The molecule has 4 rings (SSSR count). The van der Waals surface area contributed by atoms with E-state index >= 15 is 0 Å². The molecule has 1 aliphatic heterocycles. The molecule has 0 amide bonds. The number of piperazine rings is 1. The molecule has 134 valence electrons. The van der Waals surface area contributed by atoms with Crippen LogP contribution in [0.1, 0.15) is 11.1 Å². The van der Waals surface area contributed by atoms with Gasteiger partial charge in [0.25, 0.3) is 0 Å². The average molecular weight is 352 g/mol. The molecular weight excluding hydrogens is 331 g/mol. The van der Waals surface area contributed by atoms with E-state index in [-0.39, 0.29) is 11.4 Å². The van der Waals surface area contributed by atoms with Crippen molar-refractivity contribution in [1.29, 1.82) is 0 Å². The lowest BCUT2D eigenvalue weighted by atomic mass is 10.1. The Labute approximate surface area is 151 Å². The van der Waals surface area contributed by atoms with Crippen molar-refractivity contribution < 1.29 is 8.81 Å². The molecule has 0 unspecified atom stereocenters. The fourth-order valence-corrected chi connectivity index (χ4v) is 3.52. The minimum Gasteiger partial charge on any atom is -0.423 e. The summed E-state index contributed by atoms with van der Waals surface area (Å²) in [5.74, 6) is -0.211. The molecule has 3 aromatic rings. The van der Waals surface area contributed by atoms with Crippen LogP contribution in [0.4, 0.5) is 10.1 Å². The van der Waals surface area contributed by atoms with Gasteiger partial charge in [0, 0.05) is 49.9 Å². The van der Waals surface area contributed by atoms with Gasteiger partial charge in [0.1, 0.15) is 11.4 Å². The molecule has 0 N–H and O–H groups in total. The second-order valence-corrected chi connectivity index (χ2v) is 6.83. The Morgan fingerprint density at radius 3 is 2.46 bits per heavy atom. The van der Waals surface area contributed by atoms with Gasteiger partial charge in [-0.15, -0.1) is 0 Å². The zero-order chi connectivity index (χ0) is 18.1. The molecule has 1 aromatic heterocycles. The van der Waals surface area contributed by atoms with Crippen LogP contribution in [0.5, 0.6) is 0 Å². The smallest absolute Gasteiger partial charge is 0.336 e. The fourth-order valence-electron chi connectivity index (χ4n) is 3.52. The van der Waals surface area contributed by atoms with Crippen molar-refractivity contribution in [2.45, 2.75) is 13.5 Å². The third-order valence-electron chi connectivity index (χ3n) is 4.94. The highest BCUT2D eigenvalue weighted by Gasteiger charge is 2.18. The van der Waals surface area contributed by atoms with E-state index in [0.717, 1.165) is 54.9 Å². The van der Waals surface area contributed by atoms with Gasteiger partial charge in [-0.25, -0.2) is 9.18 Å². The Hall–Kier alpha value is -2.66. The van der Waals surface area contributed by atoms with Crippen LogP contribution in [0.25, 0.3) is 11.0 Å². The van der Waals surface area contributed by atoms with Crippen molar-refractivity contribution in [2.75, 3.05) is 31.1 Å². The van der Waals surface area contributed by atoms with Crippen molar-refractivity contribution in [1.82, 2.24) is 4.90 Å².